The van der Waals surface area contributed by atoms with Gasteiger partial charge in [-0.3, -0.25) is 0 Å². The molecule has 3 nitrogen and oxygen atoms in total. The number of rotatable bonds is 5. The van der Waals surface area contributed by atoms with E-state index in [1.54, 1.807) is 11.8 Å². The minimum atomic E-state index is 0.142. The molecule has 0 saturated carbocycles. The summed E-state index contributed by atoms with van der Waals surface area (Å²) in [6.07, 6.45) is 1.75. The average molecular weight is 322 g/mol. The first-order valence-electron chi connectivity index (χ1n) is 7.02. The molecular weight excluding hydrogens is 302 g/mol. The zero-order valence-electron chi connectivity index (χ0n) is 12.6. The Morgan fingerprint density at radius 1 is 1.19 bits per heavy atom. The van der Waals surface area contributed by atoms with Crippen LogP contribution >= 0.6 is 23.4 Å². The van der Waals surface area contributed by atoms with Crippen molar-refractivity contribution in [1.82, 2.24) is 9.97 Å². The highest BCUT2D eigenvalue weighted by Crippen LogP contribution is 2.31. The van der Waals surface area contributed by atoms with Gasteiger partial charge in [-0.1, -0.05) is 18.5 Å². The van der Waals surface area contributed by atoms with Crippen LogP contribution in [0.1, 0.15) is 30.3 Å². The summed E-state index contributed by atoms with van der Waals surface area (Å²) >= 11 is 7.68. The maximum Gasteiger partial charge on any atom is 0.192 e. The third-order valence-electron chi connectivity index (χ3n) is 3.19. The van der Waals surface area contributed by atoms with E-state index in [4.69, 9.17) is 17.3 Å². The van der Waals surface area contributed by atoms with Gasteiger partial charge in [0.1, 0.15) is 0 Å². The number of nitrogens with two attached hydrogens (primary N) is 1. The van der Waals surface area contributed by atoms with E-state index in [2.05, 4.69) is 16.9 Å². The molecule has 5 heteroatoms. The van der Waals surface area contributed by atoms with Crippen LogP contribution < -0.4 is 5.73 Å². The molecule has 0 fully saturated rings. The molecule has 0 bridgehead atoms. The molecule has 0 amide bonds. The maximum atomic E-state index is 6.12. The van der Waals surface area contributed by atoms with Crippen LogP contribution in [-0.2, 0) is 6.42 Å². The Labute approximate surface area is 135 Å². The van der Waals surface area contributed by atoms with Crippen LogP contribution in [0.25, 0.3) is 0 Å². The van der Waals surface area contributed by atoms with Crippen LogP contribution in [0.4, 0.5) is 0 Å². The largest absolute Gasteiger partial charge is 0.327 e. The van der Waals surface area contributed by atoms with E-state index in [0.717, 1.165) is 44.9 Å². The summed E-state index contributed by atoms with van der Waals surface area (Å²) in [4.78, 5) is 10.1. The van der Waals surface area contributed by atoms with Gasteiger partial charge in [0.05, 0.1) is 0 Å². The quantitative estimate of drug-likeness (QED) is 0.839. The van der Waals surface area contributed by atoms with Crippen molar-refractivity contribution in [2.45, 2.75) is 49.7 Å². The van der Waals surface area contributed by atoms with Crippen LogP contribution in [0.15, 0.2) is 34.3 Å². The third-order valence-corrected chi connectivity index (χ3v) is 4.41. The molecule has 0 aliphatic rings. The summed E-state index contributed by atoms with van der Waals surface area (Å²) in [6.45, 7) is 6.05. The molecule has 0 saturated heterocycles. The Kier molecular flexibility index (Phi) is 5.62. The molecule has 2 aromatic rings. The lowest BCUT2D eigenvalue weighted by Crippen LogP contribution is -2.21. The van der Waals surface area contributed by atoms with Crippen molar-refractivity contribution in [2.75, 3.05) is 0 Å². The predicted octanol–water partition coefficient (Wildman–Crippen LogP) is 4.18. The van der Waals surface area contributed by atoms with Gasteiger partial charge in [0.15, 0.2) is 5.16 Å². The molecule has 1 aromatic carbocycles. The van der Waals surface area contributed by atoms with Crippen LogP contribution in [-0.4, -0.2) is 16.0 Å². The van der Waals surface area contributed by atoms with Crippen molar-refractivity contribution >= 4 is 23.4 Å². The maximum absolute atomic E-state index is 6.12. The second-order valence-corrected chi connectivity index (χ2v) is 6.61. The van der Waals surface area contributed by atoms with Gasteiger partial charge < -0.3 is 5.73 Å². The van der Waals surface area contributed by atoms with Crippen molar-refractivity contribution in [3.05, 3.63) is 46.2 Å². The molecule has 1 heterocycles. The topological polar surface area (TPSA) is 51.8 Å². The summed E-state index contributed by atoms with van der Waals surface area (Å²) in [5, 5.41) is 1.50. The van der Waals surface area contributed by atoms with E-state index in [1.807, 2.05) is 38.1 Å². The van der Waals surface area contributed by atoms with Crippen molar-refractivity contribution in [3.63, 3.8) is 0 Å². The van der Waals surface area contributed by atoms with Crippen LogP contribution in [0.2, 0.25) is 5.02 Å². The molecule has 0 aliphatic carbocycles. The highest BCUT2D eigenvalue weighted by atomic mass is 35.5. The number of hydrogen-bond acceptors (Lipinski definition) is 4. The van der Waals surface area contributed by atoms with Crippen molar-refractivity contribution < 1.29 is 0 Å². The minimum Gasteiger partial charge on any atom is -0.327 e. The second kappa shape index (κ2) is 7.25. The Balaban J connectivity index is 2.30. The lowest BCUT2D eigenvalue weighted by atomic mass is 10.0. The van der Waals surface area contributed by atoms with Crippen molar-refractivity contribution in [3.8, 4) is 0 Å². The van der Waals surface area contributed by atoms with Crippen molar-refractivity contribution in [2.24, 2.45) is 5.73 Å². The lowest BCUT2D eigenvalue weighted by molar-refractivity contribution is 0.641. The fourth-order valence-electron chi connectivity index (χ4n) is 2.07. The predicted molar refractivity (Wildman–Crippen MR) is 89.1 cm³/mol. The Morgan fingerprint density at radius 2 is 1.86 bits per heavy atom. The normalized spacial score (nSPS) is 12.4. The summed E-state index contributed by atoms with van der Waals surface area (Å²) in [6, 6.07) is 8.02. The van der Waals surface area contributed by atoms with Gasteiger partial charge in [0.25, 0.3) is 0 Å². The smallest absolute Gasteiger partial charge is 0.192 e. The lowest BCUT2D eigenvalue weighted by Gasteiger charge is -2.13. The average Bonchev–Trinajstić information content (AvgIpc) is 2.40. The van der Waals surface area contributed by atoms with Gasteiger partial charge in [0.2, 0.25) is 0 Å². The summed E-state index contributed by atoms with van der Waals surface area (Å²) in [7, 11) is 0. The molecular formula is C16H20ClN3S. The van der Waals surface area contributed by atoms with Gasteiger partial charge in [-0.2, -0.15) is 0 Å². The first-order valence-corrected chi connectivity index (χ1v) is 8.21. The number of aryl methyl sites for hydroxylation is 2. The Hall–Kier alpha value is -1.10. The SMILES string of the molecule is CCC(N)Cc1cc(Cl)ccc1Sc1nc(C)cc(C)n1. The number of hydrogen-bond donors (Lipinski definition) is 1. The van der Waals surface area contributed by atoms with E-state index < -0.39 is 0 Å². The number of halogens is 1. The van der Waals surface area contributed by atoms with Gasteiger partial charge in [-0.15, -0.1) is 0 Å². The fraction of sp³-hybridized carbons (Fsp3) is 0.375. The zero-order chi connectivity index (χ0) is 15.4. The van der Waals surface area contributed by atoms with E-state index in [0.29, 0.717) is 0 Å². The third kappa shape index (κ3) is 4.70. The molecule has 1 atom stereocenters. The first-order chi connectivity index (χ1) is 9.97. The molecule has 112 valence electrons. The standard InChI is InChI=1S/C16H20ClN3S/c1-4-14(18)9-12-8-13(17)5-6-15(12)21-16-19-10(2)7-11(3)20-16/h5-8,14H,4,9,18H2,1-3H3. The Bertz CT molecular complexity index is 611. The van der Waals surface area contributed by atoms with E-state index >= 15 is 0 Å². The molecule has 1 aromatic heterocycles. The summed E-state index contributed by atoms with van der Waals surface area (Å²) in [5.74, 6) is 0. The molecule has 1 unspecified atom stereocenters. The molecule has 2 N–H and O–H groups in total. The van der Waals surface area contributed by atoms with E-state index in [1.165, 1.54) is 0 Å². The molecule has 0 aliphatic heterocycles. The molecule has 0 spiro atoms. The number of nitrogens with zero attached hydrogens (tertiary/aromatic N) is 2. The van der Waals surface area contributed by atoms with Gasteiger partial charge in [-0.05, 0) is 68.3 Å². The highest BCUT2D eigenvalue weighted by molar-refractivity contribution is 7.99. The van der Waals surface area contributed by atoms with Crippen molar-refractivity contribution in [1.29, 1.82) is 0 Å². The zero-order valence-corrected chi connectivity index (χ0v) is 14.1. The van der Waals surface area contributed by atoms with Crippen LogP contribution in [0.3, 0.4) is 0 Å². The van der Waals surface area contributed by atoms with Gasteiger partial charge >= 0.3 is 0 Å². The Morgan fingerprint density at radius 3 is 2.48 bits per heavy atom. The minimum absolute atomic E-state index is 0.142. The second-order valence-electron chi connectivity index (χ2n) is 5.16. The molecule has 0 radical (unpaired) electrons. The summed E-state index contributed by atoms with van der Waals surface area (Å²) < 4.78 is 0. The number of benzene rings is 1. The van der Waals surface area contributed by atoms with E-state index in [9.17, 15) is 0 Å². The molecule has 2 rings (SSSR count). The molecule has 21 heavy (non-hydrogen) atoms. The first kappa shape index (κ1) is 16.3. The van der Waals surface area contributed by atoms with Crippen LogP contribution in [0.5, 0.6) is 0 Å². The summed E-state index contributed by atoms with van der Waals surface area (Å²) in [5.41, 5.74) is 9.19. The fourth-order valence-corrected chi connectivity index (χ4v) is 3.25. The van der Waals surface area contributed by atoms with Crippen LogP contribution in [0, 0.1) is 13.8 Å². The number of aromatic nitrogens is 2. The van der Waals surface area contributed by atoms with E-state index in [-0.39, 0.29) is 6.04 Å². The monoisotopic (exact) mass is 321 g/mol. The highest BCUT2D eigenvalue weighted by Gasteiger charge is 2.11. The van der Waals surface area contributed by atoms with Gasteiger partial charge in [0, 0.05) is 27.3 Å². The van der Waals surface area contributed by atoms with Gasteiger partial charge in [-0.25, -0.2) is 9.97 Å².